The van der Waals surface area contributed by atoms with Crippen molar-refractivity contribution in [1.29, 1.82) is 0 Å². The second kappa shape index (κ2) is 3.21. The van der Waals surface area contributed by atoms with Gasteiger partial charge in [-0.05, 0) is 17.5 Å². The lowest BCUT2D eigenvalue weighted by atomic mass is 9.93. The van der Waals surface area contributed by atoms with Gasteiger partial charge in [0.25, 0.3) is 0 Å². The van der Waals surface area contributed by atoms with Crippen LogP contribution in [0.2, 0.25) is 0 Å². The maximum absolute atomic E-state index is 3.76. The van der Waals surface area contributed by atoms with Crippen LogP contribution in [-0.4, -0.2) is 4.83 Å². The summed E-state index contributed by atoms with van der Waals surface area (Å²) in [5.74, 6) is 1.30. The van der Waals surface area contributed by atoms with Gasteiger partial charge in [-0.3, -0.25) is 0 Å². The molecule has 3 rings (SSSR count). The van der Waals surface area contributed by atoms with Gasteiger partial charge < -0.3 is 0 Å². The highest BCUT2D eigenvalue weighted by Gasteiger charge is 2.38. The van der Waals surface area contributed by atoms with E-state index in [0.29, 0.717) is 16.7 Å². The maximum atomic E-state index is 3.76. The van der Waals surface area contributed by atoms with E-state index in [1.807, 2.05) is 0 Å². The highest BCUT2D eigenvalue weighted by Crippen LogP contribution is 2.52. The van der Waals surface area contributed by atoms with Gasteiger partial charge in [-0.15, -0.1) is 0 Å². The first kappa shape index (κ1) is 9.17. The summed E-state index contributed by atoms with van der Waals surface area (Å²) in [6, 6.07) is 8.83. The molecule has 0 N–H and O–H groups in total. The number of alkyl halides is 1. The molecule has 2 aliphatic rings. The molecule has 72 valence electrons. The molecule has 0 amide bonds. The van der Waals surface area contributed by atoms with Gasteiger partial charge in [-0.2, -0.15) is 0 Å². The van der Waals surface area contributed by atoms with Crippen molar-refractivity contribution < 1.29 is 0 Å². The zero-order chi connectivity index (χ0) is 9.71. The third-order valence-electron chi connectivity index (χ3n) is 3.28. The third kappa shape index (κ3) is 1.17. The average Bonchev–Trinajstić information content (AvgIpc) is 2.52. The van der Waals surface area contributed by atoms with Crippen LogP contribution in [0.4, 0.5) is 0 Å². The SMILES string of the molecule is BrC1=C[C@H]2C[C@@H](c3ccccc32)[C@@H]1Br. The molecule has 1 aromatic rings. The number of halogens is 2. The summed E-state index contributed by atoms with van der Waals surface area (Å²) >= 11 is 7.41. The quantitative estimate of drug-likeness (QED) is 0.626. The molecule has 0 unspecified atom stereocenters. The van der Waals surface area contributed by atoms with Crippen LogP contribution in [0.25, 0.3) is 0 Å². The fourth-order valence-electron chi connectivity index (χ4n) is 2.63. The van der Waals surface area contributed by atoms with Crippen LogP contribution in [0, 0.1) is 0 Å². The molecular formula is C12H10Br2. The smallest absolute Gasteiger partial charge is 0.0527 e. The largest absolute Gasteiger partial charge is 0.0826 e. The van der Waals surface area contributed by atoms with Crippen molar-refractivity contribution in [1.82, 2.24) is 0 Å². The first-order valence-electron chi connectivity index (χ1n) is 4.87. The zero-order valence-corrected chi connectivity index (χ0v) is 10.8. The standard InChI is InChI=1S/C12H10Br2/c13-11-6-7-5-10(12(11)14)9-4-2-1-3-8(7)9/h1-4,6-7,10,12H,5H2/t7-,10+,12+/m1/s1. The van der Waals surface area contributed by atoms with Crippen molar-refractivity contribution in [2.45, 2.75) is 23.1 Å². The Balaban J connectivity index is 2.18. The Morgan fingerprint density at radius 2 is 1.86 bits per heavy atom. The van der Waals surface area contributed by atoms with Crippen LogP contribution < -0.4 is 0 Å². The van der Waals surface area contributed by atoms with E-state index in [9.17, 15) is 0 Å². The molecule has 0 radical (unpaired) electrons. The lowest BCUT2D eigenvalue weighted by molar-refractivity contribution is 0.638. The van der Waals surface area contributed by atoms with E-state index in [4.69, 9.17) is 0 Å². The summed E-state index contributed by atoms with van der Waals surface area (Å²) in [4.78, 5) is 0.474. The first-order chi connectivity index (χ1) is 6.77. The van der Waals surface area contributed by atoms with Gasteiger partial charge in [0.15, 0.2) is 0 Å². The second-order valence-electron chi connectivity index (χ2n) is 4.03. The van der Waals surface area contributed by atoms with Crippen LogP contribution in [-0.2, 0) is 0 Å². The van der Waals surface area contributed by atoms with Gasteiger partial charge in [0.05, 0.1) is 4.83 Å². The first-order valence-corrected chi connectivity index (χ1v) is 6.58. The molecule has 14 heavy (non-hydrogen) atoms. The number of allylic oxidation sites excluding steroid dienone is 2. The van der Waals surface area contributed by atoms with Gasteiger partial charge in [0, 0.05) is 16.3 Å². The molecular weight excluding hydrogens is 304 g/mol. The van der Waals surface area contributed by atoms with E-state index in [2.05, 4.69) is 62.2 Å². The van der Waals surface area contributed by atoms with Gasteiger partial charge in [-0.25, -0.2) is 0 Å². The Morgan fingerprint density at radius 3 is 2.64 bits per heavy atom. The van der Waals surface area contributed by atoms with E-state index < -0.39 is 0 Å². The minimum Gasteiger partial charge on any atom is -0.0826 e. The third-order valence-corrected chi connectivity index (χ3v) is 5.78. The van der Waals surface area contributed by atoms with E-state index in [1.165, 1.54) is 22.0 Å². The van der Waals surface area contributed by atoms with Crippen LogP contribution in [0.1, 0.15) is 29.4 Å². The van der Waals surface area contributed by atoms with Gasteiger partial charge in [0.1, 0.15) is 0 Å². The van der Waals surface area contributed by atoms with Gasteiger partial charge >= 0.3 is 0 Å². The van der Waals surface area contributed by atoms with E-state index >= 15 is 0 Å². The summed E-state index contributed by atoms with van der Waals surface area (Å²) in [5.41, 5.74) is 3.06. The summed E-state index contributed by atoms with van der Waals surface area (Å²) in [6.45, 7) is 0. The summed E-state index contributed by atoms with van der Waals surface area (Å²) in [7, 11) is 0. The topological polar surface area (TPSA) is 0 Å². The average molecular weight is 314 g/mol. The Kier molecular flexibility index (Phi) is 2.10. The van der Waals surface area contributed by atoms with Crippen LogP contribution in [0.15, 0.2) is 34.8 Å². The molecule has 2 bridgehead atoms. The van der Waals surface area contributed by atoms with Gasteiger partial charge in [-0.1, -0.05) is 62.2 Å². The van der Waals surface area contributed by atoms with Crippen molar-refractivity contribution in [2.75, 3.05) is 0 Å². The minimum atomic E-state index is 0.474. The molecule has 0 fully saturated rings. The van der Waals surface area contributed by atoms with Crippen molar-refractivity contribution in [3.8, 4) is 0 Å². The highest BCUT2D eigenvalue weighted by molar-refractivity contribution is 9.14. The number of hydrogen-bond acceptors (Lipinski definition) is 0. The Morgan fingerprint density at radius 1 is 1.14 bits per heavy atom. The molecule has 2 heteroatoms. The number of benzene rings is 1. The molecule has 0 spiro atoms. The fourth-order valence-corrected chi connectivity index (χ4v) is 3.92. The number of hydrogen-bond donors (Lipinski definition) is 0. The van der Waals surface area contributed by atoms with E-state index in [1.54, 1.807) is 0 Å². The van der Waals surface area contributed by atoms with Crippen LogP contribution >= 0.6 is 31.9 Å². The maximum Gasteiger partial charge on any atom is 0.0527 e. The van der Waals surface area contributed by atoms with Crippen molar-refractivity contribution in [3.05, 3.63) is 46.0 Å². The highest BCUT2D eigenvalue weighted by atomic mass is 79.9. The lowest BCUT2D eigenvalue weighted by Crippen LogP contribution is -2.13. The minimum absolute atomic E-state index is 0.474. The Hall–Kier alpha value is -0.0800. The summed E-state index contributed by atoms with van der Waals surface area (Å²) < 4.78 is 1.31. The van der Waals surface area contributed by atoms with E-state index in [-0.39, 0.29) is 0 Å². The number of fused-ring (bicyclic) bond motifs is 5. The van der Waals surface area contributed by atoms with Crippen molar-refractivity contribution in [2.24, 2.45) is 0 Å². The fraction of sp³-hybridized carbons (Fsp3) is 0.333. The van der Waals surface area contributed by atoms with Gasteiger partial charge in [0.2, 0.25) is 0 Å². The van der Waals surface area contributed by atoms with Crippen molar-refractivity contribution >= 4 is 31.9 Å². The molecule has 0 nitrogen and oxygen atoms in total. The van der Waals surface area contributed by atoms with Crippen LogP contribution in [0.3, 0.4) is 0 Å². The normalized spacial score (nSPS) is 33.9. The zero-order valence-electron chi connectivity index (χ0n) is 7.58. The summed E-state index contributed by atoms with van der Waals surface area (Å²) in [5, 5.41) is 0. The molecule has 1 aromatic carbocycles. The second-order valence-corrected chi connectivity index (χ2v) is 5.93. The monoisotopic (exact) mass is 312 g/mol. The summed E-state index contributed by atoms with van der Waals surface area (Å²) in [6.07, 6.45) is 3.62. The molecule has 3 atom stereocenters. The predicted molar refractivity (Wildman–Crippen MR) is 66.3 cm³/mol. The molecule has 0 aromatic heterocycles. The van der Waals surface area contributed by atoms with Crippen LogP contribution in [0.5, 0.6) is 0 Å². The molecule has 2 aliphatic carbocycles. The Bertz CT molecular complexity index is 409. The molecule has 0 saturated carbocycles. The predicted octanol–water partition coefficient (Wildman–Crippen LogP) is 4.31. The molecule has 0 saturated heterocycles. The lowest BCUT2D eigenvalue weighted by Gasteiger charge is -2.22. The molecule has 0 heterocycles. The van der Waals surface area contributed by atoms with E-state index in [0.717, 1.165) is 0 Å². The molecule has 0 aliphatic heterocycles. The van der Waals surface area contributed by atoms with Crippen molar-refractivity contribution in [3.63, 3.8) is 0 Å². The Labute approximate surface area is 101 Å². The number of rotatable bonds is 0.